The monoisotopic (exact) mass is 340 g/mol. The fraction of sp³-hybridized carbons (Fsp3) is 1.00. The van der Waals surface area contributed by atoms with Crippen LogP contribution in [0.2, 0.25) is 0 Å². The van der Waals surface area contributed by atoms with Gasteiger partial charge in [0.2, 0.25) is 0 Å². The van der Waals surface area contributed by atoms with Crippen LogP contribution in [0.25, 0.3) is 0 Å². The summed E-state index contributed by atoms with van der Waals surface area (Å²) in [5, 5.41) is 4.91. The zero-order chi connectivity index (χ0) is 15.5. The van der Waals surface area contributed by atoms with Crippen molar-refractivity contribution in [2.24, 2.45) is 11.1 Å². The van der Waals surface area contributed by atoms with Crippen LogP contribution in [0.15, 0.2) is 0 Å². The van der Waals surface area contributed by atoms with Crippen molar-refractivity contribution in [3.63, 3.8) is 0 Å². The van der Waals surface area contributed by atoms with E-state index in [1.807, 2.05) is 0 Å². The Balaban J connectivity index is 1.96. The van der Waals surface area contributed by atoms with Gasteiger partial charge in [-0.25, -0.2) is 9.86 Å². The van der Waals surface area contributed by atoms with E-state index in [1.165, 1.54) is 4.31 Å². The minimum absolute atomic E-state index is 0.0309. The fourth-order valence-electron chi connectivity index (χ4n) is 2.90. The molecule has 0 aromatic carbocycles. The Labute approximate surface area is 127 Å². The van der Waals surface area contributed by atoms with E-state index >= 15 is 0 Å². The molecule has 2 heterocycles. The molecule has 0 aromatic rings. The topological polar surface area (TPSA) is 113 Å². The molecule has 2 aliphatic heterocycles. The third-order valence-electron chi connectivity index (χ3n) is 4.02. The average molecular weight is 340 g/mol. The lowest BCUT2D eigenvalue weighted by molar-refractivity contribution is 0.239. The summed E-state index contributed by atoms with van der Waals surface area (Å²) >= 11 is 0. The number of rotatable bonds is 5. The van der Waals surface area contributed by atoms with Gasteiger partial charge in [-0.2, -0.15) is 25.4 Å². The Kier molecular flexibility index (Phi) is 5.60. The van der Waals surface area contributed by atoms with Crippen LogP contribution in [0, 0.1) is 5.92 Å². The molecular formula is C11H24N4O4S2. The molecule has 0 radical (unpaired) electrons. The van der Waals surface area contributed by atoms with Gasteiger partial charge in [0.15, 0.2) is 0 Å². The average Bonchev–Trinajstić information content (AvgIpc) is 2.46. The summed E-state index contributed by atoms with van der Waals surface area (Å²) in [6, 6.07) is 0. The second-order valence-corrected chi connectivity index (χ2v) is 9.03. The summed E-state index contributed by atoms with van der Waals surface area (Å²) < 4.78 is 52.3. The quantitative estimate of drug-likeness (QED) is 0.683. The Morgan fingerprint density at radius 3 is 2.19 bits per heavy atom. The van der Waals surface area contributed by atoms with Crippen molar-refractivity contribution in [3.05, 3.63) is 0 Å². The predicted molar refractivity (Wildman–Crippen MR) is 79.8 cm³/mol. The molecule has 10 heteroatoms. The first-order valence-electron chi connectivity index (χ1n) is 7.31. The Bertz CT molecular complexity index is 543. The van der Waals surface area contributed by atoms with Crippen LogP contribution in [0.4, 0.5) is 0 Å². The van der Waals surface area contributed by atoms with Gasteiger partial charge in [-0.15, -0.1) is 0 Å². The van der Waals surface area contributed by atoms with Crippen molar-refractivity contribution in [1.29, 1.82) is 0 Å². The van der Waals surface area contributed by atoms with Gasteiger partial charge in [0.1, 0.15) is 0 Å². The van der Waals surface area contributed by atoms with Crippen LogP contribution in [0.3, 0.4) is 0 Å². The van der Waals surface area contributed by atoms with Crippen LogP contribution >= 0.6 is 0 Å². The van der Waals surface area contributed by atoms with E-state index in [2.05, 4.69) is 4.72 Å². The highest BCUT2D eigenvalue weighted by molar-refractivity contribution is 7.87. The number of piperidine rings is 2. The van der Waals surface area contributed by atoms with E-state index in [0.717, 1.165) is 32.1 Å². The second-order valence-electron chi connectivity index (χ2n) is 5.73. The van der Waals surface area contributed by atoms with Crippen LogP contribution in [0.5, 0.6) is 0 Å². The molecule has 2 aliphatic rings. The van der Waals surface area contributed by atoms with Crippen LogP contribution in [-0.2, 0) is 20.4 Å². The van der Waals surface area contributed by atoms with Crippen molar-refractivity contribution in [2.45, 2.75) is 32.1 Å². The van der Waals surface area contributed by atoms with E-state index in [9.17, 15) is 16.8 Å². The van der Waals surface area contributed by atoms with Gasteiger partial charge in [0.05, 0.1) is 0 Å². The molecule has 0 aromatic heterocycles. The van der Waals surface area contributed by atoms with E-state index < -0.39 is 20.4 Å². The maximum absolute atomic E-state index is 12.6. The zero-order valence-electron chi connectivity index (χ0n) is 12.1. The summed E-state index contributed by atoms with van der Waals surface area (Å²) in [5.74, 6) is -0.0309. The zero-order valence-corrected chi connectivity index (χ0v) is 13.7. The molecule has 21 heavy (non-hydrogen) atoms. The minimum Gasteiger partial charge on any atom is -0.216 e. The van der Waals surface area contributed by atoms with Crippen molar-refractivity contribution in [3.8, 4) is 0 Å². The lowest BCUT2D eigenvalue weighted by Crippen LogP contribution is -2.51. The number of hydrogen-bond donors (Lipinski definition) is 2. The highest BCUT2D eigenvalue weighted by Crippen LogP contribution is 2.23. The lowest BCUT2D eigenvalue weighted by atomic mass is 10.0. The number of nitrogens with two attached hydrogens (primary N) is 1. The molecule has 2 fully saturated rings. The van der Waals surface area contributed by atoms with Crippen LogP contribution < -0.4 is 9.86 Å². The first-order chi connectivity index (χ1) is 9.79. The first kappa shape index (κ1) is 17.1. The summed E-state index contributed by atoms with van der Waals surface area (Å²) in [5.41, 5.74) is 0. The molecule has 8 nitrogen and oxygen atoms in total. The van der Waals surface area contributed by atoms with Crippen LogP contribution in [0.1, 0.15) is 32.1 Å². The van der Waals surface area contributed by atoms with E-state index in [0.29, 0.717) is 26.2 Å². The molecular weight excluding hydrogens is 316 g/mol. The number of nitrogens with one attached hydrogen (secondary N) is 1. The van der Waals surface area contributed by atoms with E-state index in [1.54, 1.807) is 4.31 Å². The van der Waals surface area contributed by atoms with Gasteiger partial charge in [-0.05, 0) is 31.6 Å². The Morgan fingerprint density at radius 1 is 0.952 bits per heavy atom. The fourth-order valence-corrected chi connectivity index (χ4v) is 5.17. The molecule has 0 bridgehead atoms. The molecule has 0 spiro atoms. The van der Waals surface area contributed by atoms with Gasteiger partial charge in [-0.3, -0.25) is 0 Å². The first-order valence-corrected chi connectivity index (χ1v) is 10.3. The molecule has 124 valence electrons. The molecule has 1 atom stereocenters. The van der Waals surface area contributed by atoms with Crippen molar-refractivity contribution in [2.75, 3.05) is 32.7 Å². The third kappa shape index (κ3) is 4.86. The maximum atomic E-state index is 12.6. The van der Waals surface area contributed by atoms with Gasteiger partial charge in [0, 0.05) is 32.7 Å². The van der Waals surface area contributed by atoms with Crippen molar-refractivity contribution in [1.82, 2.24) is 13.3 Å². The molecule has 0 amide bonds. The van der Waals surface area contributed by atoms with Crippen LogP contribution in [-0.4, -0.2) is 58.2 Å². The molecule has 1 unspecified atom stereocenters. The van der Waals surface area contributed by atoms with Gasteiger partial charge < -0.3 is 0 Å². The number of nitrogens with zero attached hydrogens (tertiary/aromatic N) is 2. The molecule has 0 aliphatic carbocycles. The smallest absolute Gasteiger partial charge is 0.216 e. The Hall–Kier alpha value is -0.260. The standard InChI is InChI=1S/C11H24N4O4S2/c12-20(16,17)13-9-11-5-4-8-15(10-11)21(18,19)14-6-2-1-3-7-14/h11,13H,1-10H2,(H2,12,16,17). The third-order valence-corrected chi connectivity index (χ3v) is 6.59. The van der Waals surface area contributed by atoms with Gasteiger partial charge in [0.25, 0.3) is 20.4 Å². The van der Waals surface area contributed by atoms with Gasteiger partial charge in [-0.1, -0.05) is 6.42 Å². The maximum Gasteiger partial charge on any atom is 0.281 e. The predicted octanol–water partition coefficient (Wildman–Crippen LogP) is -0.778. The highest BCUT2D eigenvalue weighted by atomic mass is 32.2. The lowest BCUT2D eigenvalue weighted by Gasteiger charge is -2.36. The van der Waals surface area contributed by atoms with E-state index in [4.69, 9.17) is 5.14 Å². The normalized spacial score (nSPS) is 26.8. The Morgan fingerprint density at radius 2 is 1.57 bits per heavy atom. The molecule has 3 N–H and O–H groups in total. The summed E-state index contributed by atoms with van der Waals surface area (Å²) in [7, 11) is -7.14. The SMILES string of the molecule is NS(=O)(=O)NCC1CCCN(S(=O)(=O)N2CCCCC2)C1. The van der Waals surface area contributed by atoms with Crippen molar-refractivity contribution >= 4 is 20.4 Å². The summed E-state index contributed by atoms with van der Waals surface area (Å²) in [6.07, 6.45) is 4.43. The minimum atomic E-state index is -3.73. The van der Waals surface area contributed by atoms with Gasteiger partial charge >= 0.3 is 0 Å². The molecule has 2 saturated heterocycles. The summed E-state index contributed by atoms with van der Waals surface area (Å²) in [4.78, 5) is 0. The number of hydrogen-bond acceptors (Lipinski definition) is 4. The van der Waals surface area contributed by atoms with E-state index in [-0.39, 0.29) is 12.5 Å². The summed E-state index contributed by atoms with van der Waals surface area (Å²) in [6.45, 7) is 2.20. The molecule has 0 saturated carbocycles. The largest absolute Gasteiger partial charge is 0.281 e. The molecule has 2 rings (SSSR count). The van der Waals surface area contributed by atoms with Crippen molar-refractivity contribution < 1.29 is 16.8 Å². The highest BCUT2D eigenvalue weighted by Gasteiger charge is 2.34. The second kappa shape index (κ2) is 6.88.